The van der Waals surface area contributed by atoms with E-state index in [4.69, 9.17) is 0 Å². The summed E-state index contributed by atoms with van der Waals surface area (Å²) < 4.78 is 0. The minimum Gasteiger partial charge on any atom is -0.272 e. The van der Waals surface area contributed by atoms with Crippen molar-refractivity contribution < 1.29 is 0 Å². The third-order valence-electron chi connectivity index (χ3n) is 1.53. The average molecular weight is 151 g/mol. The zero-order chi connectivity index (χ0) is 8.69. The fourth-order valence-electron chi connectivity index (χ4n) is 0.792. The predicted molar refractivity (Wildman–Crippen MR) is 51.9 cm³/mol. The van der Waals surface area contributed by atoms with E-state index in [1.807, 2.05) is 6.08 Å². The summed E-state index contributed by atoms with van der Waals surface area (Å²) in [4.78, 5) is 3.70. The lowest BCUT2D eigenvalue weighted by Crippen LogP contribution is -1.87. The van der Waals surface area contributed by atoms with Gasteiger partial charge in [0, 0.05) is 6.20 Å². The molecule has 0 aromatic rings. The van der Waals surface area contributed by atoms with Gasteiger partial charge in [0.1, 0.15) is 0 Å². The van der Waals surface area contributed by atoms with Crippen LogP contribution in [0, 0.1) is 5.92 Å². The normalized spacial score (nSPS) is 11.7. The molecule has 0 rings (SSSR count). The highest BCUT2D eigenvalue weighted by molar-refractivity contribution is 5.28. The number of hydrogen-bond acceptors (Lipinski definition) is 1. The molecule has 1 heteroatoms. The molecule has 0 aliphatic carbocycles. The molecule has 0 spiro atoms. The van der Waals surface area contributed by atoms with Crippen LogP contribution in [0.3, 0.4) is 0 Å². The number of hydrogen-bond donors (Lipinski definition) is 0. The van der Waals surface area contributed by atoms with Gasteiger partial charge in [0.2, 0.25) is 0 Å². The third-order valence-corrected chi connectivity index (χ3v) is 1.53. The lowest BCUT2D eigenvalue weighted by Gasteiger charge is -2.03. The molecular weight excluding hydrogens is 134 g/mol. The molecule has 0 aliphatic rings. The van der Waals surface area contributed by atoms with Crippen LogP contribution in [0.4, 0.5) is 0 Å². The Balaban J connectivity index is 3.79. The Labute approximate surface area is 69.5 Å². The largest absolute Gasteiger partial charge is 0.272 e. The van der Waals surface area contributed by atoms with Crippen molar-refractivity contribution in [3.8, 4) is 0 Å². The fourth-order valence-corrected chi connectivity index (χ4v) is 0.792. The lowest BCUT2D eigenvalue weighted by atomic mass is 10.0. The summed E-state index contributed by atoms with van der Waals surface area (Å²) >= 11 is 0. The van der Waals surface area contributed by atoms with E-state index < -0.39 is 0 Å². The van der Waals surface area contributed by atoms with Gasteiger partial charge in [-0.05, 0) is 31.1 Å². The zero-order valence-electron chi connectivity index (χ0n) is 7.51. The lowest BCUT2D eigenvalue weighted by molar-refractivity contribution is 0.588. The highest BCUT2D eigenvalue weighted by Crippen LogP contribution is 2.11. The van der Waals surface area contributed by atoms with Crippen LogP contribution in [0.5, 0.6) is 0 Å². The summed E-state index contributed by atoms with van der Waals surface area (Å²) in [6.07, 6.45) is 5.86. The van der Waals surface area contributed by atoms with Gasteiger partial charge < -0.3 is 0 Å². The molecule has 62 valence electrons. The van der Waals surface area contributed by atoms with Crippen molar-refractivity contribution in [2.45, 2.75) is 26.7 Å². The highest BCUT2D eigenvalue weighted by atomic mass is 14.6. The highest BCUT2D eigenvalue weighted by Gasteiger charge is 1.95. The molecule has 0 saturated carbocycles. The second-order valence-corrected chi connectivity index (χ2v) is 3.02. The Kier molecular flexibility index (Phi) is 5.44. The van der Waals surface area contributed by atoms with Crippen LogP contribution in [-0.2, 0) is 0 Å². The molecular formula is C10H17N. The number of nitrogens with zero attached hydrogens (tertiary/aromatic N) is 1. The topological polar surface area (TPSA) is 12.4 Å². The van der Waals surface area contributed by atoms with Crippen LogP contribution < -0.4 is 0 Å². The first-order chi connectivity index (χ1) is 5.20. The summed E-state index contributed by atoms with van der Waals surface area (Å²) in [6.45, 7) is 11.5. The molecule has 0 bridgehead atoms. The Morgan fingerprint density at radius 3 is 2.55 bits per heavy atom. The van der Waals surface area contributed by atoms with Crippen LogP contribution in [0.2, 0.25) is 0 Å². The second-order valence-electron chi connectivity index (χ2n) is 3.02. The van der Waals surface area contributed by atoms with Crippen molar-refractivity contribution in [3.63, 3.8) is 0 Å². The number of rotatable bonds is 5. The maximum absolute atomic E-state index is 3.70. The van der Waals surface area contributed by atoms with E-state index in [2.05, 4.69) is 32.1 Å². The Hall–Kier alpha value is -0.850. The van der Waals surface area contributed by atoms with E-state index in [9.17, 15) is 0 Å². The molecule has 11 heavy (non-hydrogen) atoms. The number of aliphatic imine (C=N–C) groups is 1. The van der Waals surface area contributed by atoms with Crippen molar-refractivity contribution in [1.29, 1.82) is 0 Å². The quantitative estimate of drug-likeness (QED) is 0.422. The standard InChI is InChI=1S/C10H17N/c1-5-10(8-11-4)7-6-9(2)3/h5,8-9H,1,4,6-7H2,2-3H3/b10-8+. The molecule has 0 fully saturated rings. The molecule has 0 unspecified atom stereocenters. The van der Waals surface area contributed by atoms with Gasteiger partial charge >= 0.3 is 0 Å². The van der Waals surface area contributed by atoms with Crippen molar-refractivity contribution in [1.82, 2.24) is 0 Å². The summed E-state index contributed by atoms with van der Waals surface area (Å²) in [5.41, 5.74) is 1.17. The molecule has 0 saturated heterocycles. The fraction of sp³-hybridized carbons (Fsp3) is 0.500. The molecule has 0 aromatic heterocycles. The molecule has 0 aliphatic heterocycles. The van der Waals surface area contributed by atoms with Gasteiger partial charge in [0.15, 0.2) is 0 Å². The van der Waals surface area contributed by atoms with Gasteiger partial charge in [0.25, 0.3) is 0 Å². The van der Waals surface area contributed by atoms with Gasteiger partial charge in [0.05, 0.1) is 0 Å². The van der Waals surface area contributed by atoms with Gasteiger partial charge in [-0.2, -0.15) is 0 Å². The maximum Gasteiger partial charge on any atom is 0.0292 e. The van der Waals surface area contributed by atoms with Gasteiger partial charge in [-0.3, -0.25) is 4.99 Å². The smallest absolute Gasteiger partial charge is 0.0292 e. The Morgan fingerprint density at radius 2 is 2.18 bits per heavy atom. The molecule has 1 nitrogen and oxygen atoms in total. The second kappa shape index (κ2) is 5.90. The third kappa shape index (κ3) is 5.59. The van der Waals surface area contributed by atoms with Gasteiger partial charge in [-0.15, -0.1) is 0 Å². The SMILES string of the molecule is C=C/C(=C\N=C)CCC(C)C. The summed E-state index contributed by atoms with van der Waals surface area (Å²) in [5, 5.41) is 0. The molecule has 0 radical (unpaired) electrons. The molecule has 0 N–H and O–H groups in total. The van der Waals surface area contributed by atoms with E-state index in [1.165, 1.54) is 12.0 Å². The van der Waals surface area contributed by atoms with Gasteiger partial charge in [-0.1, -0.05) is 26.5 Å². The van der Waals surface area contributed by atoms with E-state index >= 15 is 0 Å². The van der Waals surface area contributed by atoms with E-state index in [0.717, 1.165) is 12.3 Å². The van der Waals surface area contributed by atoms with Crippen molar-refractivity contribution >= 4 is 6.72 Å². The minimum absolute atomic E-state index is 0.739. The summed E-state index contributed by atoms with van der Waals surface area (Å²) in [6, 6.07) is 0. The first kappa shape index (κ1) is 10.2. The first-order valence-corrected chi connectivity index (χ1v) is 3.98. The van der Waals surface area contributed by atoms with E-state index in [1.54, 1.807) is 6.20 Å². The number of allylic oxidation sites excluding steroid dienone is 2. The van der Waals surface area contributed by atoms with E-state index in [-0.39, 0.29) is 0 Å². The maximum atomic E-state index is 3.70. The van der Waals surface area contributed by atoms with Crippen LogP contribution in [0.25, 0.3) is 0 Å². The average Bonchev–Trinajstić information content (AvgIpc) is 1.97. The van der Waals surface area contributed by atoms with Crippen molar-refractivity contribution in [2.75, 3.05) is 0 Å². The van der Waals surface area contributed by atoms with E-state index in [0.29, 0.717) is 0 Å². The van der Waals surface area contributed by atoms with Crippen LogP contribution in [0.1, 0.15) is 26.7 Å². The van der Waals surface area contributed by atoms with Gasteiger partial charge in [-0.25, -0.2) is 0 Å². The minimum atomic E-state index is 0.739. The Morgan fingerprint density at radius 1 is 1.55 bits per heavy atom. The van der Waals surface area contributed by atoms with Crippen LogP contribution in [0.15, 0.2) is 29.4 Å². The predicted octanol–water partition coefficient (Wildman–Crippen LogP) is 3.19. The zero-order valence-corrected chi connectivity index (χ0v) is 7.51. The summed E-state index contributed by atoms with van der Waals surface area (Å²) in [7, 11) is 0. The molecule has 0 heterocycles. The monoisotopic (exact) mass is 151 g/mol. The molecule has 0 aromatic carbocycles. The van der Waals surface area contributed by atoms with Crippen LogP contribution in [-0.4, -0.2) is 6.72 Å². The van der Waals surface area contributed by atoms with Crippen LogP contribution >= 0.6 is 0 Å². The first-order valence-electron chi connectivity index (χ1n) is 3.98. The Bertz CT molecular complexity index is 154. The molecule has 0 atom stereocenters. The van der Waals surface area contributed by atoms with Crippen molar-refractivity contribution in [2.24, 2.45) is 10.9 Å². The van der Waals surface area contributed by atoms with Crippen molar-refractivity contribution in [3.05, 3.63) is 24.4 Å². The summed E-state index contributed by atoms with van der Waals surface area (Å²) in [5.74, 6) is 0.739. The molecule has 0 amide bonds.